The Morgan fingerprint density at radius 3 is 2.30 bits per heavy atom. The predicted octanol–water partition coefficient (Wildman–Crippen LogP) is 7.27. The van der Waals surface area contributed by atoms with Crippen molar-refractivity contribution in [3.05, 3.63) is 89.6 Å². The predicted molar refractivity (Wildman–Crippen MR) is 127 cm³/mol. The third-order valence-corrected chi connectivity index (χ3v) is 6.99. The molecule has 0 N–H and O–H groups in total. The molecule has 150 valence electrons. The Morgan fingerprint density at radius 2 is 1.53 bits per heavy atom. The number of fused-ring (bicyclic) bond motifs is 1. The van der Waals surface area contributed by atoms with Crippen LogP contribution in [0, 0.1) is 13.8 Å². The van der Waals surface area contributed by atoms with Gasteiger partial charge in [-0.1, -0.05) is 61.4 Å². The molecule has 1 saturated carbocycles. The van der Waals surface area contributed by atoms with Gasteiger partial charge in [-0.3, -0.25) is 0 Å². The molecule has 5 rings (SSSR count). The first-order chi connectivity index (χ1) is 14.6. The summed E-state index contributed by atoms with van der Waals surface area (Å²) in [5.74, 6) is 0.732. The van der Waals surface area contributed by atoms with E-state index >= 15 is 0 Å². The molecule has 1 aliphatic rings. The van der Waals surface area contributed by atoms with Gasteiger partial charge < -0.3 is 0 Å². The van der Waals surface area contributed by atoms with E-state index in [1.807, 2.05) is 0 Å². The molecule has 0 atom stereocenters. The average molecular weight is 393 g/mol. The van der Waals surface area contributed by atoms with Gasteiger partial charge >= 0.3 is 0 Å². The SMILES string of the molecule is Cc1ccc(C2CCCC2)cc1-c1c2ccc(-c3ccccc3)cc2cc(C)[n+]1C. The van der Waals surface area contributed by atoms with Crippen molar-refractivity contribution in [1.82, 2.24) is 0 Å². The van der Waals surface area contributed by atoms with Gasteiger partial charge in [0.2, 0.25) is 5.69 Å². The summed E-state index contributed by atoms with van der Waals surface area (Å²) in [6.45, 7) is 4.47. The van der Waals surface area contributed by atoms with Crippen LogP contribution in [0.5, 0.6) is 0 Å². The molecule has 0 radical (unpaired) electrons. The second kappa shape index (κ2) is 7.72. The van der Waals surface area contributed by atoms with Crippen molar-refractivity contribution in [2.75, 3.05) is 0 Å². The molecule has 1 heteroatoms. The first-order valence-electron chi connectivity index (χ1n) is 11.2. The number of hydrogen-bond acceptors (Lipinski definition) is 0. The van der Waals surface area contributed by atoms with E-state index in [0.717, 1.165) is 5.92 Å². The maximum absolute atomic E-state index is 2.48. The number of pyridine rings is 1. The quantitative estimate of drug-likeness (QED) is 0.323. The summed E-state index contributed by atoms with van der Waals surface area (Å²) in [4.78, 5) is 0. The standard InChI is InChI=1S/C29H30N/c1-20-13-14-25(23-11-7-8-12-23)19-28(20)29-27-16-15-24(22-9-5-4-6-10-22)18-26(27)17-21(2)30(29)3/h4-6,9-10,13-19,23H,7-8,11-12H2,1-3H3/q+1. The Labute approximate surface area is 180 Å². The van der Waals surface area contributed by atoms with Crippen LogP contribution in [0.3, 0.4) is 0 Å². The topological polar surface area (TPSA) is 3.88 Å². The van der Waals surface area contributed by atoms with E-state index in [0.29, 0.717) is 0 Å². The van der Waals surface area contributed by atoms with Crippen LogP contribution in [0.15, 0.2) is 72.8 Å². The zero-order valence-corrected chi connectivity index (χ0v) is 18.3. The molecule has 1 aliphatic carbocycles. The highest BCUT2D eigenvalue weighted by molar-refractivity contribution is 5.96. The van der Waals surface area contributed by atoms with Crippen LogP contribution in [0.25, 0.3) is 33.2 Å². The van der Waals surface area contributed by atoms with Crippen molar-refractivity contribution in [2.24, 2.45) is 7.05 Å². The summed E-state index contributed by atoms with van der Waals surface area (Å²) < 4.78 is 2.37. The molecule has 0 unspecified atom stereocenters. The van der Waals surface area contributed by atoms with E-state index in [1.165, 1.54) is 75.7 Å². The number of hydrogen-bond donors (Lipinski definition) is 0. The van der Waals surface area contributed by atoms with Crippen molar-refractivity contribution in [3.8, 4) is 22.4 Å². The first-order valence-corrected chi connectivity index (χ1v) is 11.2. The average Bonchev–Trinajstić information content (AvgIpc) is 3.31. The van der Waals surface area contributed by atoms with E-state index in [-0.39, 0.29) is 0 Å². The van der Waals surface area contributed by atoms with E-state index in [2.05, 4.69) is 98.3 Å². The maximum atomic E-state index is 2.48. The largest absolute Gasteiger partial charge is 0.220 e. The number of aromatic nitrogens is 1. The lowest BCUT2D eigenvalue weighted by Gasteiger charge is -2.15. The molecule has 1 heterocycles. The van der Waals surface area contributed by atoms with Gasteiger partial charge in [0.15, 0.2) is 5.69 Å². The maximum Gasteiger partial charge on any atom is 0.220 e. The second-order valence-electron chi connectivity index (χ2n) is 8.92. The number of rotatable bonds is 3. The molecular weight excluding hydrogens is 362 g/mol. The Kier molecular flexibility index (Phi) is 4.90. The lowest BCUT2D eigenvalue weighted by atomic mass is 9.91. The first kappa shape index (κ1) is 19.1. The second-order valence-corrected chi connectivity index (χ2v) is 8.92. The minimum absolute atomic E-state index is 0.732. The summed E-state index contributed by atoms with van der Waals surface area (Å²) in [5.41, 5.74) is 9.42. The highest BCUT2D eigenvalue weighted by Gasteiger charge is 2.23. The van der Waals surface area contributed by atoms with E-state index in [9.17, 15) is 0 Å². The molecule has 0 saturated heterocycles. The molecular formula is C29H30N+. The van der Waals surface area contributed by atoms with Gasteiger partial charge in [-0.05, 0) is 71.5 Å². The summed E-state index contributed by atoms with van der Waals surface area (Å²) in [6, 6.07) is 27.1. The van der Waals surface area contributed by atoms with Gasteiger partial charge in [0.1, 0.15) is 7.05 Å². The monoisotopic (exact) mass is 392 g/mol. The molecule has 1 fully saturated rings. The third kappa shape index (κ3) is 3.33. The van der Waals surface area contributed by atoms with Crippen LogP contribution in [0.1, 0.15) is 48.4 Å². The van der Waals surface area contributed by atoms with Crippen molar-refractivity contribution < 1.29 is 4.57 Å². The molecule has 1 nitrogen and oxygen atoms in total. The van der Waals surface area contributed by atoms with Crippen molar-refractivity contribution in [1.29, 1.82) is 0 Å². The summed E-state index contributed by atoms with van der Waals surface area (Å²) >= 11 is 0. The number of nitrogens with zero attached hydrogens (tertiary/aromatic N) is 1. The summed E-state index contributed by atoms with van der Waals surface area (Å²) in [7, 11) is 2.21. The van der Waals surface area contributed by atoms with E-state index in [1.54, 1.807) is 0 Å². The summed E-state index contributed by atoms with van der Waals surface area (Å²) in [6.07, 6.45) is 5.42. The van der Waals surface area contributed by atoms with Crippen LogP contribution < -0.4 is 4.57 Å². The molecule has 0 amide bonds. The highest BCUT2D eigenvalue weighted by Crippen LogP contribution is 2.38. The van der Waals surface area contributed by atoms with Crippen LogP contribution in [0.4, 0.5) is 0 Å². The Bertz CT molecular complexity index is 1210. The van der Waals surface area contributed by atoms with Crippen LogP contribution in [0.2, 0.25) is 0 Å². The zero-order valence-electron chi connectivity index (χ0n) is 18.3. The van der Waals surface area contributed by atoms with Crippen molar-refractivity contribution in [2.45, 2.75) is 45.4 Å². The van der Waals surface area contributed by atoms with E-state index in [4.69, 9.17) is 0 Å². The lowest BCUT2D eigenvalue weighted by Crippen LogP contribution is -2.35. The summed E-state index contributed by atoms with van der Waals surface area (Å²) in [5, 5.41) is 2.64. The Hall–Kier alpha value is -2.93. The van der Waals surface area contributed by atoms with E-state index < -0.39 is 0 Å². The molecule has 1 aromatic heterocycles. The molecule has 3 aromatic carbocycles. The fraction of sp³-hybridized carbons (Fsp3) is 0.276. The Morgan fingerprint density at radius 1 is 0.767 bits per heavy atom. The minimum Gasteiger partial charge on any atom is -0.198 e. The molecule has 30 heavy (non-hydrogen) atoms. The third-order valence-electron chi connectivity index (χ3n) is 6.99. The smallest absolute Gasteiger partial charge is 0.198 e. The normalized spacial score (nSPS) is 14.5. The van der Waals surface area contributed by atoms with Crippen LogP contribution in [-0.4, -0.2) is 0 Å². The number of benzene rings is 3. The Balaban J connectivity index is 1.71. The molecule has 0 spiro atoms. The van der Waals surface area contributed by atoms with Crippen molar-refractivity contribution >= 4 is 10.8 Å². The van der Waals surface area contributed by atoms with Crippen LogP contribution in [-0.2, 0) is 7.05 Å². The zero-order chi connectivity index (χ0) is 20.7. The fourth-order valence-corrected chi connectivity index (χ4v) is 5.12. The molecule has 0 bridgehead atoms. The highest BCUT2D eigenvalue weighted by atomic mass is 14.9. The lowest BCUT2D eigenvalue weighted by molar-refractivity contribution is -0.665. The van der Waals surface area contributed by atoms with Gasteiger partial charge in [-0.15, -0.1) is 0 Å². The number of aryl methyl sites for hydroxylation is 2. The van der Waals surface area contributed by atoms with Gasteiger partial charge in [0.25, 0.3) is 0 Å². The molecule has 0 aliphatic heterocycles. The molecule has 4 aromatic rings. The van der Waals surface area contributed by atoms with Crippen molar-refractivity contribution in [3.63, 3.8) is 0 Å². The van der Waals surface area contributed by atoms with Gasteiger partial charge in [0, 0.05) is 18.6 Å². The van der Waals surface area contributed by atoms with Gasteiger partial charge in [-0.2, -0.15) is 4.57 Å². The van der Waals surface area contributed by atoms with Gasteiger partial charge in [-0.25, -0.2) is 0 Å². The minimum atomic E-state index is 0.732. The van der Waals surface area contributed by atoms with Crippen LogP contribution >= 0.6 is 0 Å². The van der Waals surface area contributed by atoms with Gasteiger partial charge in [0.05, 0.1) is 5.39 Å². The fourth-order valence-electron chi connectivity index (χ4n) is 5.12.